The van der Waals surface area contributed by atoms with Crippen LogP contribution in [0, 0.1) is 11.6 Å². The normalized spacial score (nSPS) is 10.4. The lowest BCUT2D eigenvalue weighted by molar-refractivity contribution is 0.617. The minimum absolute atomic E-state index is 0.252. The zero-order valence-electron chi connectivity index (χ0n) is 9.83. The smallest absolute Gasteiger partial charge is 0.129 e. The van der Waals surface area contributed by atoms with Crippen LogP contribution in [0.25, 0.3) is 0 Å². The van der Waals surface area contributed by atoms with Crippen LogP contribution in [0.1, 0.15) is 5.56 Å². The largest absolute Gasteiger partial charge is 0.344 e. The van der Waals surface area contributed by atoms with Gasteiger partial charge in [0.1, 0.15) is 11.6 Å². The van der Waals surface area contributed by atoms with Crippen LogP contribution in [0.4, 0.5) is 20.2 Å². The highest BCUT2D eigenvalue weighted by molar-refractivity contribution is 9.08. The fourth-order valence-electron chi connectivity index (χ4n) is 1.80. The van der Waals surface area contributed by atoms with Crippen molar-refractivity contribution in [2.24, 2.45) is 0 Å². The van der Waals surface area contributed by atoms with Gasteiger partial charge in [-0.15, -0.1) is 0 Å². The van der Waals surface area contributed by atoms with Gasteiger partial charge in [-0.3, -0.25) is 0 Å². The van der Waals surface area contributed by atoms with Gasteiger partial charge in [0.25, 0.3) is 0 Å². The van der Waals surface area contributed by atoms with Gasteiger partial charge in [-0.25, -0.2) is 8.78 Å². The molecular formula is C14H12BrF2N. The van der Waals surface area contributed by atoms with Crippen molar-refractivity contribution >= 4 is 27.3 Å². The van der Waals surface area contributed by atoms with Gasteiger partial charge in [-0.2, -0.15) is 0 Å². The monoisotopic (exact) mass is 311 g/mol. The lowest BCUT2D eigenvalue weighted by atomic mass is 10.1. The maximum atomic E-state index is 13.7. The minimum Gasteiger partial charge on any atom is -0.344 e. The molecule has 0 radical (unpaired) electrons. The summed E-state index contributed by atoms with van der Waals surface area (Å²) in [5.41, 5.74) is 2.16. The maximum Gasteiger partial charge on any atom is 0.129 e. The third kappa shape index (κ3) is 2.53. The average Bonchev–Trinajstić information content (AvgIpc) is 2.38. The highest BCUT2D eigenvalue weighted by Gasteiger charge is 2.12. The first-order valence-corrected chi connectivity index (χ1v) is 6.58. The van der Waals surface area contributed by atoms with Crippen molar-refractivity contribution in [3.63, 3.8) is 0 Å². The van der Waals surface area contributed by atoms with Crippen molar-refractivity contribution < 1.29 is 8.78 Å². The first-order valence-electron chi connectivity index (χ1n) is 5.46. The van der Waals surface area contributed by atoms with Crippen LogP contribution in [0.3, 0.4) is 0 Å². The molecule has 0 heterocycles. The van der Waals surface area contributed by atoms with Gasteiger partial charge < -0.3 is 4.90 Å². The van der Waals surface area contributed by atoms with Crippen LogP contribution in [0.5, 0.6) is 0 Å². The second-order valence-corrected chi connectivity index (χ2v) is 4.47. The summed E-state index contributed by atoms with van der Waals surface area (Å²) in [7, 11) is 1.83. The molecule has 4 heteroatoms. The van der Waals surface area contributed by atoms with E-state index in [0.717, 1.165) is 11.4 Å². The summed E-state index contributed by atoms with van der Waals surface area (Å²) in [5.74, 6) is -0.537. The minimum atomic E-state index is -0.285. The zero-order chi connectivity index (χ0) is 13.1. The molecule has 0 aliphatic rings. The second-order valence-electron chi connectivity index (χ2n) is 3.91. The molecule has 0 fully saturated rings. The van der Waals surface area contributed by atoms with Crippen molar-refractivity contribution in [1.82, 2.24) is 0 Å². The van der Waals surface area contributed by atoms with Crippen LogP contribution >= 0.6 is 15.9 Å². The standard InChI is InChI=1S/C14H12BrF2N/c1-18(11-7-5-10(16)6-8-11)14-4-2-3-13(17)12(14)9-15/h2-8H,9H2,1H3. The fraction of sp³-hybridized carbons (Fsp3) is 0.143. The molecule has 18 heavy (non-hydrogen) atoms. The Morgan fingerprint density at radius 1 is 1.06 bits per heavy atom. The highest BCUT2D eigenvalue weighted by Crippen LogP contribution is 2.30. The molecule has 0 N–H and O–H groups in total. The van der Waals surface area contributed by atoms with Gasteiger partial charge in [0.15, 0.2) is 0 Å². The molecular weight excluding hydrogens is 300 g/mol. The van der Waals surface area contributed by atoms with Gasteiger partial charge in [0.05, 0.1) is 0 Å². The van der Waals surface area contributed by atoms with Crippen molar-refractivity contribution in [2.45, 2.75) is 5.33 Å². The molecule has 0 aromatic heterocycles. The van der Waals surface area contributed by atoms with Crippen LogP contribution in [0.2, 0.25) is 0 Å². The lowest BCUT2D eigenvalue weighted by Gasteiger charge is -2.22. The summed E-state index contributed by atoms with van der Waals surface area (Å²) in [4.78, 5) is 1.83. The van der Waals surface area contributed by atoms with E-state index in [2.05, 4.69) is 15.9 Å². The molecule has 0 bridgehead atoms. The molecule has 0 spiro atoms. The zero-order valence-corrected chi connectivity index (χ0v) is 11.4. The number of nitrogens with zero attached hydrogens (tertiary/aromatic N) is 1. The SMILES string of the molecule is CN(c1ccc(F)cc1)c1cccc(F)c1CBr. The van der Waals surface area contributed by atoms with Crippen molar-refractivity contribution in [1.29, 1.82) is 0 Å². The van der Waals surface area contributed by atoms with E-state index in [1.807, 2.05) is 18.0 Å². The molecule has 0 atom stereocenters. The Morgan fingerprint density at radius 3 is 2.33 bits per heavy atom. The predicted octanol–water partition coefficient (Wildman–Crippen LogP) is 4.63. The quantitative estimate of drug-likeness (QED) is 0.747. The Hall–Kier alpha value is -1.42. The molecule has 2 rings (SSSR count). The van der Waals surface area contributed by atoms with E-state index >= 15 is 0 Å². The topological polar surface area (TPSA) is 3.24 Å². The third-order valence-corrected chi connectivity index (χ3v) is 3.36. The van der Waals surface area contributed by atoms with Gasteiger partial charge in [-0.1, -0.05) is 22.0 Å². The van der Waals surface area contributed by atoms with Gasteiger partial charge in [0.2, 0.25) is 0 Å². The van der Waals surface area contributed by atoms with Crippen LogP contribution in [-0.2, 0) is 5.33 Å². The summed E-state index contributed by atoms with van der Waals surface area (Å²) in [6.45, 7) is 0. The number of alkyl halides is 1. The van der Waals surface area contributed by atoms with E-state index in [0.29, 0.717) is 10.9 Å². The first-order chi connectivity index (χ1) is 8.63. The van der Waals surface area contributed by atoms with E-state index in [1.165, 1.54) is 18.2 Å². The van der Waals surface area contributed by atoms with Gasteiger partial charge >= 0.3 is 0 Å². The fourth-order valence-corrected chi connectivity index (χ4v) is 2.35. The van der Waals surface area contributed by atoms with Gasteiger partial charge in [0, 0.05) is 29.3 Å². The van der Waals surface area contributed by atoms with E-state index in [1.54, 1.807) is 18.2 Å². The van der Waals surface area contributed by atoms with Crippen molar-refractivity contribution in [3.05, 3.63) is 59.7 Å². The third-order valence-electron chi connectivity index (χ3n) is 2.80. The van der Waals surface area contributed by atoms with Crippen LogP contribution < -0.4 is 4.90 Å². The van der Waals surface area contributed by atoms with Crippen LogP contribution in [-0.4, -0.2) is 7.05 Å². The Labute approximate surface area is 113 Å². The van der Waals surface area contributed by atoms with Crippen LogP contribution in [0.15, 0.2) is 42.5 Å². The molecule has 0 amide bonds. The Morgan fingerprint density at radius 2 is 1.72 bits per heavy atom. The van der Waals surface area contributed by atoms with E-state index in [-0.39, 0.29) is 11.6 Å². The maximum absolute atomic E-state index is 13.7. The summed E-state index contributed by atoms with van der Waals surface area (Å²) in [6, 6.07) is 11.0. The average molecular weight is 312 g/mol. The molecule has 0 aliphatic heterocycles. The van der Waals surface area contributed by atoms with Crippen molar-refractivity contribution in [2.75, 3.05) is 11.9 Å². The molecule has 94 valence electrons. The predicted molar refractivity (Wildman–Crippen MR) is 73.5 cm³/mol. The number of hydrogen-bond donors (Lipinski definition) is 0. The molecule has 0 saturated heterocycles. The second kappa shape index (κ2) is 5.48. The van der Waals surface area contributed by atoms with Gasteiger partial charge in [-0.05, 0) is 36.4 Å². The van der Waals surface area contributed by atoms with Crippen molar-refractivity contribution in [3.8, 4) is 0 Å². The Bertz CT molecular complexity index is 540. The summed E-state index contributed by atoms with van der Waals surface area (Å²) < 4.78 is 26.6. The molecule has 0 saturated carbocycles. The molecule has 1 nitrogen and oxygen atoms in total. The number of benzene rings is 2. The van der Waals surface area contributed by atoms with E-state index in [9.17, 15) is 8.78 Å². The number of anilines is 2. The first kappa shape index (κ1) is 13.0. The molecule has 2 aromatic carbocycles. The summed E-state index contributed by atoms with van der Waals surface area (Å²) >= 11 is 3.28. The number of halogens is 3. The number of rotatable bonds is 3. The molecule has 0 aliphatic carbocycles. The number of hydrogen-bond acceptors (Lipinski definition) is 1. The molecule has 2 aromatic rings. The summed E-state index contributed by atoms with van der Waals surface area (Å²) in [5, 5.41) is 0.431. The summed E-state index contributed by atoms with van der Waals surface area (Å²) in [6.07, 6.45) is 0. The van der Waals surface area contributed by atoms with E-state index < -0.39 is 0 Å². The highest BCUT2D eigenvalue weighted by atomic mass is 79.9. The Balaban J connectivity index is 2.42. The lowest BCUT2D eigenvalue weighted by Crippen LogP contribution is -2.12. The Kier molecular flexibility index (Phi) is 3.97. The molecule has 0 unspecified atom stereocenters. The van der Waals surface area contributed by atoms with E-state index in [4.69, 9.17) is 0 Å².